The zero-order valence-corrected chi connectivity index (χ0v) is 8.55. The van der Waals surface area contributed by atoms with E-state index in [2.05, 4.69) is 6.07 Å². The number of ether oxygens (including phenoxy) is 1. The molecule has 2 unspecified atom stereocenters. The molecule has 0 aromatic heterocycles. The van der Waals surface area contributed by atoms with Gasteiger partial charge in [-0.25, -0.2) is 0 Å². The maximum absolute atomic E-state index is 11.4. The molecule has 1 saturated carbocycles. The van der Waals surface area contributed by atoms with Crippen molar-refractivity contribution in [1.29, 1.82) is 5.26 Å². The molecular formula is C10H15NO2. The number of rotatable bonds is 1. The Morgan fingerprint density at radius 1 is 1.62 bits per heavy atom. The lowest BCUT2D eigenvalue weighted by atomic mass is 10.1. The molecule has 0 radical (unpaired) electrons. The van der Waals surface area contributed by atoms with Gasteiger partial charge in [0.05, 0.1) is 17.4 Å². The van der Waals surface area contributed by atoms with E-state index in [1.165, 1.54) is 0 Å². The van der Waals surface area contributed by atoms with Gasteiger partial charge in [0.2, 0.25) is 0 Å². The summed E-state index contributed by atoms with van der Waals surface area (Å²) in [6.45, 7) is 7.28. The second-order valence-corrected chi connectivity index (χ2v) is 4.82. The van der Waals surface area contributed by atoms with Gasteiger partial charge in [-0.3, -0.25) is 4.79 Å². The van der Waals surface area contributed by atoms with Crippen LogP contribution >= 0.6 is 0 Å². The molecule has 3 nitrogen and oxygen atoms in total. The van der Waals surface area contributed by atoms with Crippen molar-refractivity contribution in [3.8, 4) is 6.07 Å². The Bertz CT molecular complexity index is 272. The third kappa shape index (κ3) is 2.21. The fourth-order valence-electron chi connectivity index (χ4n) is 1.21. The molecule has 0 N–H and O–H groups in total. The van der Waals surface area contributed by atoms with Crippen LogP contribution in [0, 0.1) is 22.7 Å². The first kappa shape index (κ1) is 10.0. The lowest BCUT2D eigenvalue weighted by molar-refractivity contribution is -0.157. The Balaban J connectivity index is 2.51. The molecule has 0 aromatic carbocycles. The first-order chi connectivity index (χ1) is 5.78. The summed E-state index contributed by atoms with van der Waals surface area (Å²) in [5.41, 5.74) is -0.918. The van der Waals surface area contributed by atoms with Crippen LogP contribution in [-0.4, -0.2) is 11.6 Å². The summed E-state index contributed by atoms with van der Waals surface area (Å²) < 4.78 is 5.17. The summed E-state index contributed by atoms with van der Waals surface area (Å²) in [5.74, 6) is -0.451. The van der Waals surface area contributed by atoms with E-state index in [9.17, 15) is 4.79 Å². The fourth-order valence-corrected chi connectivity index (χ4v) is 1.21. The van der Waals surface area contributed by atoms with E-state index in [0.717, 1.165) is 0 Å². The van der Waals surface area contributed by atoms with E-state index in [4.69, 9.17) is 10.00 Å². The Morgan fingerprint density at radius 3 is 2.46 bits per heavy atom. The maximum Gasteiger partial charge on any atom is 0.311 e. The molecule has 0 saturated heterocycles. The second kappa shape index (κ2) is 2.73. The summed E-state index contributed by atoms with van der Waals surface area (Å²) in [6.07, 6.45) is 0.637. The van der Waals surface area contributed by atoms with E-state index >= 15 is 0 Å². The van der Waals surface area contributed by atoms with Gasteiger partial charge >= 0.3 is 5.97 Å². The minimum atomic E-state index is -0.470. The minimum absolute atomic E-state index is 0.211. The monoisotopic (exact) mass is 181 g/mol. The number of hydrogen-bond donors (Lipinski definition) is 0. The van der Waals surface area contributed by atoms with Crippen LogP contribution in [0.2, 0.25) is 0 Å². The van der Waals surface area contributed by atoms with Crippen molar-refractivity contribution < 1.29 is 9.53 Å². The van der Waals surface area contributed by atoms with E-state index in [-0.39, 0.29) is 11.9 Å². The second-order valence-electron chi connectivity index (χ2n) is 4.82. The van der Waals surface area contributed by atoms with Crippen LogP contribution < -0.4 is 0 Å². The molecule has 13 heavy (non-hydrogen) atoms. The van der Waals surface area contributed by atoms with Crippen LogP contribution in [0.25, 0.3) is 0 Å². The molecule has 2 atom stereocenters. The Hall–Kier alpha value is -1.04. The normalized spacial score (nSPS) is 32.1. The van der Waals surface area contributed by atoms with Crippen molar-refractivity contribution in [3.05, 3.63) is 0 Å². The van der Waals surface area contributed by atoms with E-state index in [1.54, 1.807) is 6.92 Å². The number of nitrogens with zero attached hydrogens (tertiary/aromatic N) is 1. The third-order valence-electron chi connectivity index (χ3n) is 2.18. The van der Waals surface area contributed by atoms with E-state index in [1.807, 2.05) is 20.8 Å². The van der Waals surface area contributed by atoms with Crippen molar-refractivity contribution in [2.75, 3.05) is 0 Å². The fraction of sp³-hybridized carbons (Fsp3) is 0.800. The highest BCUT2D eigenvalue weighted by Gasteiger charge is 2.57. The van der Waals surface area contributed by atoms with Crippen LogP contribution in [0.3, 0.4) is 0 Å². The predicted molar refractivity (Wildman–Crippen MR) is 47.7 cm³/mol. The van der Waals surface area contributed by atoms with Gasteiger partial charge in [-0.1, -0.05) is 0 Å². The van der Waals surface area contributed by atoms with Crippen LogP contribution in [-0.2, 0) is 9.53 Å². The number of hydrogen-bond acceptors (Lipinski definition) is 3. The first-order valence-electron chi connectivity index (χ1n) is 4.43. The molecule has 1 rings (SSSR count). The summed E-state index contributed by atoms with van der Waals surface area (Å²) in [7, 11) is 0. The van der Waals surface area contributed by atoms with Crippen LogP contribution in [0.15, 0.2) is 0 Å². The molecule has 0 amide bonds. The number of nitriles is 1. The molecular weight excluding hydrogens is 166 g/mol. The Labute approximate surface area is 78.7 Å². The number of carbonyl (C=O) groups excluding carboxylic acids is 1. The molecule has 72 valence electrons. The standard InChI is InChI=1S/C10H15NO2/c1-9(2,3)13-8(12)7-5-10(7,4)6-11/h7H,5H2,1-4H3. The maximum atomic E-state index is 11.4. The molecule has 0 bridgehead atoms. The Morgan fingerprint density at radius 2 is 2.15 bits per heavy atom. The quantitative estimate of drug-likeness (QED) is 0.580. The molecule has 1 aliphatic carbocycles. The summed E-state index contributed by atoms with van der Waals surface area (Å²) in [4.78, 5) is 11.4. The molecule has 0 spiro atoms. The van der Waals surface area contributed by atoms with E-state index in [0.29, 0.717) is 6.42 Å². The average molecular weight is 181 g/mol. The van der Waals surface area contributed by atoms with Gasteiger partial charge in [0.15, 0.2) is 0 Å². The van der Waals surface area contributed by atoms with Crippen molar-refractivity contribution in [1.82, 2.24) is 0 Å². The van der Waals surface area contributed by atoms with Gasteiger partial charge in [0, 0.05) is 0 Å². The van der Waals surface area contributed by atoms with Gasteiger partial charge in [-0.2, -0.15) is 5.26 Å². The van der Waals surface area contributed by atoms with E-state index < -0.39 is 11.0 Å². The van der Waals surface area contributed by atoms with Crippen molar-refractivity contribution in [2.24, 2.45) is 11.3 Å². The minimum Gasteiger partial charge on any atom is -0.460 e. The number of esters is 1. The summed E-state index contributed by atoms with van der Waals surface area (Å²) >= 11 is 0. The molecule has 3 heteroatoms. The van der Waals surface area contributed by atoms with Gasteiger partial charge in [0.1, 0.15) is 5.60 Å². The zero-order valence-electron chi connectivity index (χ0n) is 8.55. The lowest BCUT2D eigenvalue weighted by Gasteiger charge is -2.19. The highest BCUT2D eigenvalue weighted by Crippen LogP contribution is 2.52. The summed E-state index contributed by atoms with van der Waals surface area (Å²) in [6, 6.07) is 2.13. The molecule has 1 fully saturated rings. The zero-order chi connectivity index (χ0) is 10.3. The van der Waals surface area contributed by atoms with Crippen molar-refractivity contribution >= 4 is 5.97 Å². The number of carbonyl (C=O) groups is 1. The Kier molecular flexibility index (Phi) is 2.11. The van der Waals surface area contributed by atoms with Crippen LogP contribution in [0.1, 0.15) is 34.1 Å². The van der Waals surface area contributed by atoms with Crippen LogP contribution in [0.4, 0.5) is 0 Å². The average Bonchev–Trinajstić information content (AvgIpc) is 2.60. The topological polar surface area (TPSA) is 50.1 Å². The molecule has 0 aromatic rings. The van der Waals surface area contributed by atoms with Gasteiger partial charge in [-0.05, 0) is 34.1 Å². The molecule has 0 heterocycles. The van der Waals surface area contributed by atoms with Crippen molar-refractivity contribution in [2.45, 2.75) is 39.7 Å². The highest BCUT2D eigenvalue weighted by atomic mass is 16.6. The largest absolute Gasteiger partial charge is 0.460 e. The smallest absolute Gasteiger partial charge is 0.311 e. The van der Waals surface area contributed by atoms with Gasteiger partial charge in [0.25, 0.3) is 0 Å². The predicted octanol–water partition coefficient (Wildman–Crippen LogP) is 1.88. The van der Waals surface area contributed by atoms with Gasteiger partial charge in [-0.15, -0.1) is 0 Å². The first-order valence-corrected chi connectivity index (χ1v) is 4.43. The van der Waals surface area contributed by atoms with Crippen molar-refractivity contribution in [3.63, 3.8) is 0 Å². The molecule has 0 aliphatic heterocycles. The SMILES string of the molecule is CC(C)(C)OC(=O)C1CC1(C)C#N. The third-order valence-corrected chi connectivity index (χ3v) is 2.18. The molecule has 1 aliphatic rings. The van der Waals surface area contributed by atoms with Gasteiger partial charge < -0.3 is 4.74 Å². The highest BCUT2D eigenvalue weighted by molar-refractivity contribution is 5.78. The van der Waals surface area contributed by atoms with Crippen LogP contribution in [0.5, 0.6) is 0 Å². The summed E-state index contributed by atoms with van der Waals surface area (Å²) in [5, 5.41) is 8.73. The lowest BCUT2D eigenvalue weighted by Crippen LogP contribution is -2.25.